The molecule has 1 saturated heterocycles. The average Bonchev–Trinajstić information content (AvgIpc) is 2.77. The Balaban J connectivity index is 2.37. The zero-order valence-electron chi connectivity index (χ0n) is 10.1. The van der Waals surface area contributed by atoms with E-state index in [1.54, 1.807) is 4.57 Å². The van der Waals surface area contributed by atoms with Gasteiger partial charge in [0, 0.05) is 6.61 Å². The van der Waals surface area contributed by atoms with Crippen LogP contribution >= 0.6 is 12.2 Å². The molecule has 3 rings (SSSR count). The fourth-order valence-corrected chi connectivity index (χ4v) is 2.90. The lowest BCUT2D eigenvalue weighted by Gasteiger charge is -2.25. The first-order valence-corrected chi connectivity index (χ1v) is 6.35. The lowest BCUT2D eigenvalue weighted by Crippen LogP contribution is -2.40. The van der Waals surface area contributed by atoms with Crippen molar-refractivity contribution in [1.82, 2.24) is 9.55 Å². The molecule has 1 aromatic heterocycles. The Morgan fingerprint density at radius 1 is 1.44 bits per heavy atom. The van der Waals surface area contributed by atoms with Crippen LogP contribution in [0.2, 0.25) is 0 Å². The van der Waals surface area contributed by atoms with Crippen molar-refractivity contribution in [2.24, 2.45) is 0 Å². The summed E-state index contributed by atoms with van der Waals surface area (Å²) in [5, 5.41) is 0.666. The molecule has 0 radical (unpaired) electrons. The fraction of sp³-hybridized carbons (Fsp3) is 0.385. The van der Waals surface area contributed by atoms with E-state index in [4.69, 9.17) is 17.0 Å². The number of aromatic amines is 1. The largest absolute Gasteiger partial charge is 0.379 e. The average molecular weight is 262 g/mol. The summed E-state index contributed by atoms with van der Waals surface area (Å²) in [6, 6.07) is 7.43. The summed E-state index contributed by atoms with van der Waals surface area (Å²) in [5.41, 5.74) is 0.405. The van der Waals surface area contributed by atoms with Gasteiger partial charge in [0.2, 0.25) is 0 Å². The van der Waals surface area contributed by atoms with Crippen molar-refractivity contribution in [3.63, 3.8) is 0 Å². The van der Waals surface area contributed by atoms with Crippen LogP contribution in [0.25, 0.3) is 10.9 Å². The van der Waals surface area contributed by atoms with E-state index in [2.05, 4.69) is 4.98 Å². The van der Waals surface area contributed by atoms with Gasteiger partial charge in [0.15, 0.2) is 4.77 Å². The molecule has 94 valence electrons. The molecule has 2 aromatic rings. The first kappa shape index (κ1) is 11.6. The first-order chi connectivity index (χ1) is 8.62. The minimum absolute atomic E-state index is 0.0395. The van der Waals surface area contributed by atoms with E-state index in [-0.39, 0.29) is 11.1 Å². The molecule has 0 aliphatic carbocycles. The second kappa shape index (κ2) is 4.03. The third-order valence-electron chi connectivity index (χ3n) is 3.54. The molecule has 5 heteroatoms. The molecular weight excluding hydrogens is 248 g/mol. The standard InChI is InChI=1S/C13H14N2O2S/c1-13(6-7-17-8-13)15-11(16)9-4-2-3-5-10(9)14-12(15)18/h2-5H,6-8H2,1H3,(H,14,18). The molecule has 1 aliphatic rings. The van der Waals surface area contributed by atoms with Crippen molar-refractivity contribution in [3.05, 3.63) is 39.4 Å². The van der Waals surface area contributed by atoms with Crippen LogP contribution in [0.4, 0.5) is 0 Å². The number of H-pyrrole nitrogens is 1. The molecule has 18 heavy (non-hydrogen) atoms. The number of fused-ring (bicyclic) bond motifs is 1. The number of aromatic nitrogens is 2. The molecular formula is C13H14N2O2S. The smallest absolute Gasteiger partial charge is 0.262 e. The van der Waals surface area contributed by atoms with Crippen molar-refractivity contribution in [2.45, 2.75) is 18.9 Å². The minimum Gasteiger partial charge on any atom is -0.379 e. The summed E-state index contributed by atoms with van der Waals surface area (Å²) in [5.74, 6) is 0. The molecule has 1 fully saturated rings. The molecule has 0 bridgehead atoms. The maximum absolute atomic E-state index is 12.6. The molecule has 1 N–H and O–H groups in total. The van der Waals surface area contributed by atoms with Gasteiger partial charge in [-0.3, -0.25) is 9.36 Å². The maximum atomic E-state index is 12.6. The predicted molar refractivity (Wildman–Crippen MR) is 72.5 cm³/mol. The zero-order valence-corrected chi connectivity index (χ0v) is 10.9. The Hall–Kier alpha value is -1.46. The molecule has 4 nitrogen and oxygen atoms in total. The summed E-state index contributed by atoms with van der Waals surface area (Å²) in [4.78, 5) is 15.7. The Bertz CT molecular complexity index is 711. The number of nitrogens with zero attached hydrogens (tertiary/aromatic N) is 1. The van der Waals surface area contributed by atoms with Crippen molar-refractivity contribution in [1.29, 1.82) is 0 Å². The summed E-state index contributed by atoms with van der Waals surface area (Å²) in [7, 11) is 0. The second-order valence-corrected chi connectivity index (χ2v) is 5.30. The van der Waals surface area contributed by atoms with Crippen LogP contribution in [0.1, 0.15) is 13.3 Å². The normalized spacial score (nSPS) is 23.6. The molecule has 1 aromatic carbocycles. The Morgan fingerprint density at radius 3 is 2.94 bits per heavy atom. The Labute approximate surface area is 109 Å². The quantitative estimate of drug-likeness (QED) is 0.801. The maximum Gasteiger partial charge on any atom is 0.262 e. The SMILES string of the molecule is CC1(n2c(=S)[nH]c3ccccc3c2=O)CCOC1. The van der Waals surface area contributed by atoms with Crippen LogP contribution in [-0.4, -0.2) is 22.8 Å². The fourth-order valence-electron chi connectivity index (χ4n) is 2.49. The third kappa shape index (κ3) is 1.62. The van der Waals surface area contributed by atoms with Gasteiger partial charge in [0.25, 0.3) is 5.56 Å². The molecule has 1 aliphatic heterocycles. The molecule has 0 saturated carbocycles. The summed E-state index contributed by atoms with van der Waals surface area (Å²) in [6.07, 6.45) is 0.808. The van der Waals surface area contributed by atoms with Crippen LogP contribution in [0.3, 0.4) is 0 Å². The predicted octanol–water partition coefficient (Wildman–Crippen LogP) is 2.19. The van der Waals surface area contributed by atoms with Gasteiger partial charge in [-0.2, -0.15) is 0 Å². The van der Waals surface area contributed by atoms with Gasteiger partial charge >= 0.3 is 0 Å². The topological polar surface area (TPSA) is 47.0 Å². The Kier molecular flexibility index (Phi) is 2.60. The molecule has 1 unspecified atom stereocenters. The van der Waals surface area contributed by atoms with Crippen LogP contribution in [0, 0.1) is 4.77 Å². The number of benzene rings is 1. The van der Waals surface area contributed by atoms with E-state index < -0.39 is 0 Å². The summed E-state index contributed by atoms with van der Waals surface area (Å²) >= 11 is 5.33. The number of nitrogens with one attached hydrogen (secondary N) is 1. The van der Waals surface area contributed by atoms with Crippen LogP contribution in [-0.2, 0) is 10.3 Å². The summed E-state index contributed by atoms with van der Waals surface area (Å²) < 4.78 is 7.55. The Morgan fingerprint density at radius 2 is 2.22 bits per heavy atom. The van der Waals surface area contributed by atoms with E-state index >= 15 is 0 Å². The molecule has 1 atom stereocenters. The number of rotatable bonds is 1. The minimum atomic E-state index is -0.339. The number of ether oxygens (including phenoxy) is 1. The van der Waals surface area contributed by atoms with Gasteiger partial charge in [-0.25, -0.2) is 0 Å². The second-order valence-electron chi connectivity index (χ2n) is 4.92. The van der Waals surface area contributed by atoms with Crippen molar-refractivity contribution in [2.75, 3.05) is 13.2 Å². The molecule has 0 spiro atoms. The van der Waals surface area contributed by atoms with Gasteiger partial charge in [-0.05, 0) is 37.7 Å². The highest BCUT2D eigenvalue weighted by molar-refractivity contribution is 7.71. The zero-order chi connectivity index (χ0) is 12.8. The molecule has 0 amide bonds. The van der Waals surface area contributed by atoms with Crippen LogP contribution in [0.15, 0.2) is 29.1 Å². The van der Waals surface area contributed by atoms with Crippen LogP contribution < -0.4 is 5.56 Å². The number of hydrogen-bond acceptors (Lipinski definition) is 3. The van der Waals surface area contributed by atoms with Gasteiger partial charge in [0.1, 0.15) is 0 Å². The van der Waals surface area contributed by atoms with Gasteiger partial charge in [-0.15, -0.1) is 0 Å². The van der Waals surface area contributed by atoms with Crippen LogP contribution in [0.5, 0.6) is 0 Å². The highest BCUT2D eigenvalue weighted by Gasteiger charge is 2.33. The van der Waals surface area contributed by atoms with E-state index in [1.165, 1.54) is 0 Å². The lowest BCUT2D eigenvalue weighted by molar-refractivity contribution is 0.159. The van der Waals surface area contributed by atoms with E-state index in [1.807, 2.05) is 31.2 Å². The summed E-state index contributed by atoms with van der Waals surface area (Å²) in [6.45, 7) is 3.22. The van der Waals surface area contributed by atoms with Gasteiger partial charge in [0.05, 0.1) is 23.0 Å². The van der Waals surface area contributed by atoms with Crippen molar-refractivity contribution >= 4 is 23.1 Å². The van der Waals surface area contributed by atoms with Gasteiger partial charge in [-0.1, -0.05) is 12.1 Å². The first-order valence-electron chi connectivity index (χ1n) is 5.94. The highest BCUT2D eigenvalue weighted by atomic mass is 32.1. The van der Waals surface area contributed by atoms with Crippen molar-refractivity contribution in [3.8, 4) is 0 Å². The lowest BCUT2D eigenvalue weighted by atomic mass is 10.0. The highest BCUT2D eigenvalue weighted by Crippen LogP contribution is 2.26. The monoisotopic (exact) mass is 262 g/mol. The van der Waals surface area contributed by atoms with E-state index in [0.29, 0.717) is 23.4 Å². The molecule has 2 heterocycles. The van der Waals surface area contributed by atoms with Crippen molar-refractivity contribution < 1.29 is 4.74 Å². The van der Waals surface area contributed by atoms with E-state index in [0.717, 1.165) is 11.9 Å². The van der Waals surface area contributed by atoms with E-state index in [9.17, 15) is 4.79 Å². The third-order valence-corrected chi connectivity index (χ3v) is 3.83. The number of para-hydroxylation sites is 1. The number of hydrogen-bond donors (Lipinski definition) is 1. The van der Waals surface area contributed by atoms with Gasteiger partial charge < -0.3 is 9.72 Å².